The Hall–Kier alpha value is -2.08. The van der Waals surface area contributed by atoms with E-state index in [4.69, 9.17) is 4.74 Å². The van der Waals surface area contributed by atoms with Crippen LogP contribution in [0.15, 0.2) is 18.2 Å². The first kappa shape index (κ1) is 13.4. The van der Waals surface area contributed by atoms with Crippen molar-refractivity contribution in [2.75, 3.05) is 19.0 Å². The van der Waals surface area contributed by atoms with Gasteiger partial charge in [-0.3, -0.25) is 15.0 Å². The van der Waals surface area contributed by atoms with E-state index in [1.807, 2.05) is 19.9 Å². The van der Waals surface area contributed by atoms with Gasteiger partial charge in [-0.15, -0.1) is 0 Å². The van der Waals surface area contributed by atoms with Gasteiger partial charge in [-0.25, -0.2) is 5.43 Å². The van der Waals surface area contributed by atoms with Gasteiger partial charge in [0.2, 0.25) is 5.91 Å². The molecule has 0 radical (unpaired) electrons. The van der Waals surface area contributed by atoms with Crippen molar-refractivity contribution in [3.8, 4) is 5.75 Å². The van der Waals surface area contributed by atoms with Gasteiger partial charge in [0.1, 0.15) is 5.75 Å². The first-order valence-electron chi connectivity index (χ1n) is 5.99. The van der Waals surface area contributed by atoms with Crippen molar-refractivity contribution in [3.63, 3.8) is 0 Å². The second-order valence-corrected chi connectivity index (χ2v) is 4.88. The van der Waals surface area contributed by atoms with E-state index in [9.17, 15) is 9.59 Å². The van der Waals surface area contributed by atoms with Gasteiger partial charge in [0, 0.05) is 7.05 Å². The Morgan fingerprint density at radius 2 is 2.16 bits per heavy atom. The zero-order valence-corrected chi connectivity index (χ0v) is 11.2. The summed E-state index contributed by atoms with van der Waals surface area (Å²) >= 11 is 0. The number of benzene rings is 1. The molecule has 0 aliphatic carbocycles. The zero-order chi connectivity index (χ0) is 14.0. The number of hydrogen-bond acceptors (Lipinski definition) is 4. The summed E-state index contributed by atoms with van der Waals surface area (Å²) in [4.78, 5) is 23.3. The second-order valence-electron chi connectivity index (χ2n) is 4.88. The second kappa shape index (κ2) is 4.89. The lowest BCUT2D eigenvalue weighted by molar-refractivity contribution is -0.126. The molecule has 0 saturated heterocycles. The Morgan fingerprint density at radius 1 is 1.42 bits per heavy atom. The minimum Gasteiger partial charge on any atom is -0.482 e. The van der Waals surface area contributed by atoms with Crippen LogP contribution in [0.3, 0.4) is 0 Å². The normalized spacial score (nSPS) is 14.2. The highest BCUT2D eigenvalue weighted by Crippen LogP contribution is 2.33. The van der Waals surface area contributed by atoms with Crippen molar-refractivity contribution >= 4 is 17.5 Å². The highest BCUT2D eigenvalue weighted by atomic mass is 16.5. The summed E-state index contributed by atoms with van der Waals surface area (Å²) in [6.07, 6.45) is 0. The van der Waals surface area contributed by atoms with Crippen molar-refractivity contribution in [3.05, 3.63) is 23.8 Å². The quantitative estimate of drug-likeness (QED) is 0.696. The van der Waals surface area contributed by atoms with E-state index in [1.54, 1.807) is 19.2 Å². The maximum Gasteiger partial charge on any atom is 0.262 e. The van der Waals surface area contributed by atoms with Crippen molar-refractivity contribution in [1.82, 2.24) is 10.9 Å². The Balaban J connectivity index is 2.33. The third kappa shape index (κ3) is 2.53. The van der Waals surface area contributed by atoms with Gasteiger partial charge in [0.15, 0.2) is 6.61 Å². The van der Waals surface area contributed by atoms with E-state index < -0.39 is 5.41 Å². The fourth-order valence-electron chi connectivity index (χ4n) is 1.87. The lowest BCUT2D eigenvalue weighted by Crippen LogP contribution is -2.45. The van der Waals surface area contributed by atoms with Crippen LogP contribution in [0.1, 0.15) is 19.4 Å². The van der Waals surface area contributed by atoms with Crippen molar-refractivity contribution < 1.29 is 14.3 Å². The average Bonchev–Trinajstić information content (AvgIpc) is 2.38. The number of amides is 2. The molecular weight excluding hydrogens is 246 g/mol. The topological polar surface area (TPSA) is 79.5 Å². The first-order chi connectivity index (χ1) is 8.95. The predicted octanol–water partition coefficient (Wildman–Crippen LogP) is 0.546. The van der Waals surface area contributed by atoms with Crippen LogP contribution in [0.4, 0.5) is 5.69 Å². The van der Waals surface area contributed by atoms with E-state index in [-0.39, 0.29) is 18.4 Å². The fourth-order valence-corrected chi connectivity index (χ4v) is 1.87. The number of fused-ring (bicyclic) bond motifs is 1. The molecule has 6 nitrogen and oxygen atoms in total. The largest absolute Gasteiger partial charge is 0.482 e. The molecule has 19 heavy (non-hydrogen) atoms. The Labute approximate surface area is 111 Å². The number of hydrogen-bond donors (Lipinski definition) is 3. The summed E-state index contributed by atoms with van der Waals surface area (Å²) in [5.74, 6) is 0.272. The SMILES string of the molecule is CNNC(=O)C(C)(C)c1ccc2c(c1)NC(=O)CO2. The minimum atomic E-state index is -0.722. The van der Waals surface area contributed by atoms with Gasteiger partial charge in [0.25, 0.3) is 5.91 Å². The fraction of sp³-hybridized carbons (Fsp3) is 0.385. The van der Waals surface area contributed by atoms with Gasteiger partial charge >= 0.3 is 0 Å². The summed E-state index contributed by atoms with van der Waals surface area (Å²) in [5.41, 5.74) is 5.85. The van der Waals surface area contributed by atoms with Crippen LogP contribution in [0, 0.1) is 0 Å². The summed E-state index contributed by atoms with van der Waals surface area (Å²) in [6, 6.07) is 5.35. The summed E-state index contributed by atoms with van der Waals surface area (Å²) in [7, 11) is 1.63. The number of anilines is 1. The van der Waals surface area contributed by atoms with Crippen LogP contribution in [-0.4, -0.2) is 25.5 Å². The smallest absolute Gasteiger partial charge is 0.262 e. The first-order valence-corrected chi connectivity index (χ1v) is 5.99. The van der Waals surface area contributed by atoms with E-state index >= 15 is 0 Å². The van der Waals surface area contributed by atoms with Crippen LogP contribution < -0.4 is 20.9 Å². The van der Waals surface area contributed by atoms with Gasteiger partial charge in [-0.2, -0.15) is 0 Å². The van der Waals surface area contributed by atoms with Crippen LogP contribution in [0.5, 0.6) is 5.75 Å². The molecule has 0 atom stereocenters. The summed E-state index contributed by atoms with van der Waals surface area (Å²) < 4.78 is 5.29. The molecule has 1 heterocycles. The average molecular weight is 263 g/mol. The molecule has 0 spiro atoms. The van der Waals surface area contributed by atoms with Crippen molar-refractivity contribution in [2.45, 2.75) is 19.3 Å². The van der Waals surface area contributed by atoms with Crippen LogP contribution in [0.25, 0.3) is 0 Å². The van der Waals surface area contributed by atoms with E-state index in [0.29, 0.717) is 11.4 Å². The molecular formula is C13H17N3O3. The monoisotopic (exact) mass is 263 g/mol. The molecule has 0 saturated carbocycles. The molecule has 1 aromatic carbocycles. The zero-order valence-electron chi connectivity index (χ0n) is 11.2. The molecule has 6 heteroatoms. The minimum absolute atomic E-state index is 0.0238. The number of nitrogens with one attached hydrogen (secondary N) is 3. The molecule has 0 unspecified atom stereocenters. The molecule has 2 rings (SSSR count). The van der Waals surface area contributed by atoms with Crippen LogP contribution in [-0.2, 0) is 15.0 Å². The predicted molar refractivity (Wildman–Crippen MR) is 70.8 cm³/mol. The Morgan fingerprint density at radius 3 is 2.84 bits per heavy atom. The molecule has 2 amide bonds. The van der Waals surface area contributed by atoms with Gasteiger partial charge in [0.05, 0.1) is 11.1 Å². The standard InChI is InChI=1S/C13H17N3O3/c1-13(2,12(18)16-14-3)8-4-5-10-9(6-8)15-11(17)7-19-10/h4-6,14H,7H2,1-3H3,(H,15,17)(H,16,18). The third-order valence-electron chi connectivity index (χ3n) is 3.14. The number of carbonyl (C=O) groups is 2. The number of rotatable bonds is 3. The molecule has 0 bridgehead atoms. The number of carbonyl (C=O) groups excluding carboxylic acids is 2. The highest BCUT2D eigenvalue weighted by molar-refractivity contribution is 5.96. The van der Waals surface area contributed by atoms with Gasteiger partial charge in [-0.05, 0) is 31.5 Å². The Bertz CT molecular complexity index is 526. The van der Waals surface area contributed by atoms with Gasteiger partial charge < -0.3 is 10.1 Å². The van der Waals surface area contributed by atoms with Gasteiger partial charge in [-0.1, -0.05) is 6.07 Å². The van der Waals surface area contributed by atoms with Crippen molar-refractivity contribution in [2.24, 2.45) is 0 Å². The summed E-state index contributed by atoms with van der Waals surface area (Å²) in [6.45, 7) is 3.65. The number of ether oxygens (including phenoxy) is 1. The lowest BCUT2D eigenvalue weighted by Gasteiger charge is -2.26. The molecule has 3 N–H and O–H groups in total. The maximum absolute atomic E-state index is 12.0. The molecule has 0 fully saturated rings. The summed E-state index contributed by atoms with van der Waals surface area (Å²) in [5, 5.41) is 2.73. The number of hydrazine groups is 1. The van der Waals surface area contributed by atoms with E-state index in [1.165, 1.54) is 0 Å². The lowest BCUT2D eigenvalue weighted by atomic mass is 9.83. The molecule has 1 aromatic rings. The molecule has 1 aliphatic heterocycles. The molecule has 102 valence electrons. The van der Waals surface area contributed by atoms with E-state index in [0.717, 1.165) is 5.56 Å². The molecule has 1 aliphatic rings. The van der Waals surface area contributed by atoms with Crippen LogP contribution >= 0.6 is 0 Å². The van der Waals surface area contributed by atoms with Crippen molar-refractivity contribution in [1.29, 1.82) is 0 Å². The molecule has 0 aromatic heterocycles. The third-order valence-corrected chi connectivity index (χ3v) is 3.14. The van der Waals surface area contributed by atoms with E-state index in [2.05, 4.69) is 16.2 Å². The maximum atomic E-state index is 12.0. The highest BCUT2D eigenvalue weighted by Gasteiger charge is 2.31. The van der Waals surface area contributed by atoms with Crippen LogP contribution in [0.2, 0.25) is 0 Å². The Kier molecular flexibility index (Phi) is 3.44.